The zero-order valence-corrected chi connectivity index (χ0v) is 12.0. The van der Waals surface area contributed by atoms with E-state index in [9.17, 15) is 13.5 Å². The number of hydrogen-bond acceptors (Lipinski definition) is 6. The fourth-order valence-corrected chi connectivity index (χ4v) is 2.95. The van der Waals surface area contributed by atoms with Gasteiger partial charge in [0.05, 0.1) is 18.4 Å². The molecule has 1 aromatic rings. The van der Waals surface area contributed by atoms with Crippen LogP contribution in [0.5, 0.6) is 0 Å². The maximum absolute atomic E-state index is 12.3. The van der Waals surface area contributed by atoms with Crippen molar-refractivity contribution in [2.75, 3.05) is 39.7 Å². The van der Waals surface area contributed by atoms with Crippen LogP contribution in [0.1, 0.15) is 0 Å². The second-order valence-corrected chi connectivity index (χ2v) is 6.03. The van der Waals surface area contributed by atoms with E-state index in [2.05, 4.69) is 10.3 Å². The van der Waals surface area contributed by atoms with Gasteiger partial charge < -0.3 is 15.2 Å². The van der Waals surface area contributed by atoms with Crippen molar-refractivity contribution in [3.05, 3.63) is 18.5 Å². The van der Waals surface area contributed by atoms with Gasteiger partial charge in [0.1, 0.15) is 4.90 Å². The summed E-state index contributed by atoms with van der Waals surface area (Å²) < 4.78 is 30.5. The van der Waals surface area contributed by atoms with Crippen LogP contribution in [-0.2, 0) is 14.8 Å². The predicted molar refractivity (Wildman–Crippen MR) is 71.5 cm³/mol. The summed E-state index contributed by atoms with van der Waals surface area (Å²) in [6.45, 7) is 0.0278. The van der Waals surface area contributed by atoms with Crippen molar-refractivity contribution < 1.29 is 18.3 Å². The third-order valence-electron chi connectivity index (χ3n) is 2.57. The molecule has 0 fully saturated rings. The molecule has 108 valence electrons. The smallest absolute Gasteiger partial charge is 0.246 e. The van der Waals surface area contributed by atoms with E-state index >= 15 is 0 Å². The van der Waals surface area contributed by atoms with E-state index in [1.165, 1.54) is 26.6 Å². The lowest BCUT2D eigenvalue weighted by molar-refractivity contribution is 0.0554. The summed E-state index contributed by atoms with van der Waals surface area (Å²) in [4.78, 5) is 3.90. The van der Waals surface area contributed by atoms with Gasteiger partial charge in [0, 0.05) is 40.1 Å². The molecule has 1 rings (SSSR count). The van der Waals surface area contributed by atoms with Gasteiger partial charge in [0.2, 0.25) is 10.0 Å². The van der Waals surface area contributed by atoms with Crippen molar-refractivity contribution in [1.82, 2.24) is 9.29 Å². The third kappa shape index (κ3) is 3.87. The van der Waals surface area contributed by atoms with E-state index in [0.717, 1.165) is 4.31 Å². The predicted octanol–water partition coefficient (Wildman–Crippen LogP) is -0.249. The molecule has 0 radical (unpaired) electrons. The van der Waals surface area contributed by atoms with Crippen LogP contribution in [0.2, 0.25) is 0 Å². The molecule has 2 N–H and O–H groups in total. The van der Waals surface area contributed by atoms with E-state index < -0.39 is 16.1 Å². The number of nitrogens with zero attached hydrogens (tertiary/aromatic N) is 2. The number of ether oxygens (including phenoxy) is 1. The molecule has 19 heavy (non-hydrogen) atoms. The highest BCUT2D eigenvalue weighted by atomic mass is 32.2. The van der Waals surface area contributed by atoms with Gasteiger partial charge in [-0.3, -0.25) is 4.98 Å². The number of methoxy groups -OCH3 is 1. The number of rotatable bonds is 7. The zero-order chi connectivity index (χ0) is 14.5. The van der Waals surface area contributed by atoms with Crippen molar-refractivity contribution >= 4 is 15.7 Å². The maximum atomic E-state index is 12.3. The molecule has 0 aromatic carbocycles. The minimum absolute atomic E-state index is 0.0474. The Bertz CT molecular complexity index is 506. The number of likely N-dealkylation sites (N-methyl/N-ethyl adjacent to an activating group) is 1. The van der Waals surface area contributed by atoms with Gasteiger partial charge in [-0.25, -0.2) is 8.42 Å². The molecule has 0 spiro atoms. The van der Waals surface area contributed by atoms with E-state index in [4.69, 9.17) is 4.74 Å². The van der Waals surface area contributed by atoms with Gasteiger partial charge in [-0.2, -0.15) is 4.31 Å². The maximum Gasteiger partial charge on any atom is 0.246 e. The summed E-state index contributed by atoms with van der Waals surface area (Å²) >= 11 is 0. The third-order valence-corrected chi connectivity index (χ3v) is 4.42. The van der Waals surface area contributed by atoms with Crippen molar-refractivity contribution in [2.45, 2.75) is 11.0 Å². The first-order valence-electron chi connectivity index (χ1n) is 5.68. The standard InChI is InChI=1S/C11H19N3O4S/c1-12-10-4-5-13-6-11(10)19(16,17)14(2)7-9(15)8-18-3/h4-6,9,15H,7-8H2,1-3H3,(H,12,13). The first-order valence-corrected chi connectivity index (χ1v) is 7.12. The van der Waals surface area contributed by atoms with Crippen LogP contribution in [0.15, 0.2) is 23.4 Å². The molecule has 1 aromatic heterocycles. The molecule has 1 heterocycles. The molecule has 0 amide bonds. The summed E-state index contributed by atoms with van der Waals surface area (Å²) in [6.07, 6.45) is 1.91. The number of nitrogens with one attached hydrogen (secondary N) is 1. The second kappa shape index (κ2) is 6.80. The fourth-order valence-electron chi connectivity index (χ4n) is 1.60. The Morgan fingerprint density at radius 1 is 1.58 bits per heavy atom. The highest BCUT2D eigenvalue weighted by molar-refractivity contribution is 7.89. The van der Waals surface area contributed by atoms with Gasteiger partial charge in [0.25, 0.3) is 0 Å². The lowest BCUT2D eigenvalue weighted by atomic mass is 10.4. The molecule has 1 unspecified atom stereocenters. The Balaban J connectivity index is 2.97. The lowest BCUT2D eigenvalue weighted by Crippen LogP contribution is -2.36. The largest absolute Gasteiger partial charge is 0.389 e. The molecule has 0 aliphatic rings. The van der Waals surface area contributed by atoms with E-state index in [-0.39, 0.29) is 18.0 Å². The van der Waals surface area contributed by atoms with Gasteiger partial charge in [-0.15, -0.1) is 0 Å². The second-order valence-electron chi connectivity index (χ2n) is 4.02. The monoisotopic (exact) mass is 289 g/mol. The van der Waals surface area contributed by atoms with Crippen molar-refractivity contribution in [1.29, 1.82) is 0 Å². The summed E-state index contributed by atoms with van der Waals surface area (Å²) in [5.41, 5.74) is 0.461. The molecule has 8 heteroatoms. The number of pyridine rings is 1. The Kier molecular flexibility index (Phi) is 5.67. The number of aliphatic hydroxyl groups is 1. The number of aliphatic hydroxyl groups excluding tert-OH is 1. The quantitative estimate of drug-likeness (QED) is 0.719. The highest BCUT2D eigenvalue weighted by Gasteiger charge is 2.25. The minimum atomic E-state index is -3.70. The molecule has 0 saturated heterocycles. The van der Waals surface area contributed by atoms with E-state index in [0.29, 0.717) is 5.69 Å². The number of sulfonamides is 1. The van der Waals surface area contributed by atoms with Crippen LogP contribution in [-0.4, -0.2) is 63.3 Å². The molecule has 0 aliphatic heterocycles. The first kappa shape index (κ1) is 15.8. The van der Waals surface area contributed by atoms with E-state index in [1.54, 1.807) is 13.1 Å². The van der Waals surface area contributed by atoms with E-state index in [1.807, 2.05) is 0 Å². The van der Waals surface area contributed by atoms with Crippen molar-refractivity contribution in [2.24, 2.45) is 0 Å². The molecular weight excluding hydrogens is 270 g/mol. The number of hydrogen-bond donors (Lipinski definition) is 2. The molecule has 0 bridgehead atoms. The summed E-state index contributed by atoms with van der Waals surface area (Å²) in [6, 6.07) is 1.58. The van der Waals surface area contributed by atoms with Gasteiger partial charge >= 0.3 is 0 Å². The van der Waals surface area contributed by atoms with Crippen molar-refractivity contribution in [3.8, 4) is 0 Å². The van der Waals surface area contributed by atoms with Crippen LogP contribution in [0.4, 0.5) is 5.69 Å². The Morgan fingerprint density at radius 3 is 2.84 bits per heavy atom. The zero-order valence-electron chi connectivity index (χ0n) is 11.2. The molecule has 7 nitrogen and oxygen atoms in total. The Morgan fingerprint density at radius 2 is 2.26 bits per heavy atom. The van der Waals surface area contributed by atoms with Crippen LogP contribution in [0.25, 0.3) is 0 Å². The average molecular weight is 289 g/mol. The summed E-state index contributed by atoms with van der Waals surface area (Å²) in [5, 5.41) is 12.4. The molecule has 1 atom stereocenters. The molecule has 0 saturated carbocycles. The SMILES string of the molecule is CNc1ccncc1S(=O)(=O)N(C)CC(O)COC. The van der Waals surface area contributed by atoms with Crippen LogP contribution in [0.3, 0.4) is 0 Å². The summed E-state index contributed by atoms with van der Waals surface area (Å²) in [7, 11) is 0.777. The Hall–Kier alpha value is -1.22. The lowest BCUT2D eigenvalue weighted by Gasteiger charge is -2.21. The van der Waals surface area contributed by atoms with Gasteiger partial charge in [0.15, 0.2) is 0 Å². The minimum Gasteiger partial charge on any atom is -0.389 e. The first-order chi connectivity index (χ1) is 8.93. The van der Waals surface area contributed by atoms with Gasteiger partial charge in [-0.1, -0.05) is 0 Å². The fraction of sp³-hybridized carbons (Fsp3) is 0.545. The average Bonchev–Trinajstić information content (AvgIpc) is 2.38. The van der Waals surface area contributed by atoms with Gasteiger partial charge in [-0.05, 0) is 6.07 Å². The molecule has 0 aliphatic carbocycles. The number of anilines is 1. The Labute approximate surface area is 113 Å². The summed E-state index contributed by atoms with van der Waals surface area (Å²) in [5.74, 6) is 0. The van der Waals surface area contributed by atoms with Crippen LogP contribution < -0.4 is 5.32 Å². The molecular formula is C11H19N3O4S. The topological polar surface area (TPSA) is 91.8 Å². The van der Waals surface area contributed by atoms with Crippen molar-refractivity contribution in [3.63, 3.8) is 0 Å². The van der Waals surface area contributed by atoms with Crippen LogP contribution >= 0.6 is 0 Å². The highest BCUT2D eigenvalue weighted by Crippen LogP contribution is 2.22. The van der Waals surface area contributed by atoms with Crippen LogP contribution in [0, 0.1) is 0 Å². The normalized spacial score (nSPS) is 13.5. The number of aromatic nitrogens is 1.